The maximum Gasteiger partial charge on any atom is 0.439 e. The van der Waals surface area contributed by atoms with Crippen LogP contribution in [0.15, 0.2) is 56.4 Å². The number of H-pyrrole nitrogens is 1. The van der Waals surface area contributed by atoms with Gasteiger partial charge in [0.15, 0.2) is 11.6 Å². The number of nitrogens with zero attached hydrogens (tertiary/aromatic N) is 3. The second kappa shape index (κ2) is 9.23. The third-order valence-corrected chi connectivity index (χ3v) is 5.81. The Hall–Kier alpha value is -2.98. The van der Waals surface area contributed by atoms with Gasteiger partial charge >= 0.3 is 5.76 Å². The highest BCUT2D eigenvalue weighted by atomic mass is 79.9. The lowest BCUT2D eigenvalue weighted by Crippen LogP contribution is -2.06. The number of anilines is 1. The van der Waals surface area contributed by atoms with E-state index in [2.05, 4.69) is 58.0 Å². The summed E-state index contributed by atoms with van der Waals surface area (Å²) in [6.45, 7) is 3.11. The molecule has 4 rings (SSSR count). The van der Waals surface area contributed by atoms with Crippen LogP contribution in [0.4, 0.5) is 5.82 Å². The summed E-state index contributed by atoms with van der Waals surface area (Å²) in [6, 6.07) is 11.9. The van der Waals surface area contributed by atoms with Crippen LogP contribution < -0.4 is 15.8 Å². The molecule has 0 aliphatic rings. The molecule has 3 heterocycles. The number of hydrogen-bond acceptors (Lipinski definition) is 8. The molecule has 2 N–H and O–H groups in total. The molecule has 154 valence electrons. The summed E-state index contributed by atoms with van der Waals surface area (Å²) in [5.41, 5.74) is 1.24. The number of hydrogen-bond donors (Lipinski definition) is 2. The third kappa shape index (κ3) is 4.77. The summed E-state index contributed by atoms with van der Waals surface area (Å²) in [5.74, 6) is 1.60. The van der Waals surface area contributed by atoms with Crippen molar-refractivity contribution in [3.05, 3.63) is 63.2 Å². The van der Waals surface area contributed by atoms with Crippen molar-refractivity contribution in [2.45, 2.75) is 13.3 Å². The lowest BCUT2D eigenvalue weighted by Gasteiger charge is -2.06. The molecule has 0 aliphatic heterocycles. The van der Waals surface area contributed by atoms with Crippen molar-refractivity contribution in [1.82, 2.24) is 20.1 Å². The van der Waals surface area contributed by atoms with Gasteiger partial charge in [-0.1, -0.05) is 33.2 Å². The lowest BCUT2D eigenvalue weighted by atomic mass is 10.1. The topological polar surface area (TPSA) is 106 Å². The van der Waals surface area contributed by atoms with Gasteiger partial charge in [-0.15, -0.1) is 11.3 Å². The number of thiophene rings is 1. The SMILES string of the molecule is CCOc1cc(-c2nccc(NCCc3ccc(Br)cc3)n2)sc1-c1noc(=O)[nH]1. The lowest BCUT2D eigenvalue weighted by molar-refractivity contribution is 0.342. The Balaban J connectivity index is 1.51. The second-order valence-corrected chi connectivity index (χ2v) is 8.22. The van der Waals surface area contributed by atoms with Crippen molar-refractivity contribution in [3.63, 3.8) is 0 Å². The van der Waals surface area contributed by atoms with Crippen LogP contribution in [0, 0.1) is 0 Å². The van der Waals surface area contributed by atoms with Gasteiger partial charge in [-0.2, -0.15) is 0 Å². The van der Waals surface area contributed by atoms with E-state index in [1.54, 1.807) is 6.20 Å². The van der Waals surface area contributed by atoms with Crippen LogP contribution in [-0.2, 0) is 6.42 Å². The number of ether oxygens (including phenoxy) is 1. The first-order chi connectivity index (χ1) is 14.6. The van der Waals surface area contributed by atoms with E-state index in [4.69, 9.17) is 4.74 Å². The summed E-state index contributed by atoms with van der Waals surface area (Å²) < 4.78 is 11.4. The van der Waals surface area contributed by atoms with Gasteiger partial charge in [0.05, 0.1) is 11.5 Å². The quantitative estimate of drug-likeness (QED) is 0.380. The first kappa shape index (κ1) is 20.3. The van der Waals surface area contributed by atoms with Crippen molar-refractivity contribution in [3.8, 4) is 27.2 Å². The molecule has 0 unspecified atom stereocenters. The van der Waals surface area contributed by atoms with E-state index in [9.17, 15) is 4.79 Å². The van der Waals surface area contributed by atoms with Gasteiger partial charge in [0.25, 0.3) is 0 Å². The van der Waals surface area contributed by atoms with Gasteiger partial charge in [-0.3, -0.25) is 9.51 Å². The molecule has 10 heteroatoms. The summed E-state index contributed by atoms with van der Waals surface area (Å²) >= 11 is 4.82. The average Bonchev–Trinajstić information content (AvgIpc) is 3.36. The fourth-order valence-corrected chi connectivity index (χ4v) is 4.05. The number of aromatic nitrogens is 4. The van der Waals surface area contributed by atoms with Crippen molar-refractivity contribution in [2.24, 2.45) is 0 Å². The van der Waals surface area contributed by atoms with E-state index in [1.807, 2.05) is 31.2 Å². The van der Waals surface area contributed by atoms with Gasteiger partial charge in [-0.25, -0.2) is 14.8 Å². The molecule has 0 atom stereocenters. The molecule has 0 saturated heterocycles. The summed E-state index contributed by atoms with van der Waals surface area (Å²) in [5, 5.41) is 7.09. The molecule has 1 aromatic carbocycles. The van der Waals surface area contributed by atoms with Gasteiger partial charge in [-0.05, 0) is 37.1 Å². The molecule has 4 aromatic rings. The summed E-state index contributed by atoms with van der Waals surface area (Å²) in [6.07, 6.45) is 2.59. The van der Waals surface area contributed by atoms with Crippen LogP contribution in [0.1, 0.15) is 12.5 Å². The van der Waals surface area contributed by atoms with Gasteiger partial charge in [0.1, 0.15) is 16.4 Å². The molecule has 0 saturated carbocycles. The summed E-state index contributed by atoms with van der Waals surface area (Å²) in [7, 11) is 0. The minimum Gasteiger partial charge on any atom is -0.492 e. The van der Waals surface area contributed by atoms with Crippen LogP contribution in [0.2, 0.25) is 0 Å². The molecule has 0 aliphatic carbocycles. The highest BCUT2D eigenvalue weighted by molar-refractivity contribution is 9.10. The minimum absolute atomic E-state index is 0.323. The van der Waals surface area contributed by atoms with E-state index in [-0.39, 0.29) is 0 Å². The molecule has 0 bridgehead atoms. The fraction of sp³-hybridized carbons (Fsp3) is 0.200. The van der Waals surface area contributed by atoms with Crippen molar-refractivity contribution in [1.29, 1.82) is 0 Å². The van der Waals surface area contributed by atoms with Crippen LogP contribution in [0.5, 0.6) is 5.75 Å². The number of aromatic amines is 1. The maximum atomic E-state index is 11.3. The van der Waals surface area contributed by atoms with E-state index < -0.39 is 5.76 Å². The molecular formula is C20H18BrN5O3S. The number of halogens is 1. The normalized spacial score (nSPS) is 10.9. The Morgan fingerprint density at radius 3 is 2.83 bits per heavy atom. The van der Waals surface area contributed by atoms with E-state index in [0.29, 0.717) is 28.9 Å². The molecule has 30 heavy (non-hydrogen) atoms. The summed E-state index contributed by atoms with van der Waals surface area (Å²) in [4.78, 5) is 24.3. The van der Waals surface area contributed by atoms with Crippen molar-refractivity contribution in [2.75, 3.05) is 18.5 Å². The smallest absolute Gasteiger partial charge is 0.439 e. The predicted molar refractivity (Wildman–Crippen MR) is 119 cm³/mol. The fourth-order valence-electron chi connectivity index (χ4n) is 2.80. The Kier molecular flexibility index (Phi) is 6.24. The second-order valence-electron chi connectivity index (χ2n) is 6.25. The zero-order chi connectivity index (χ0) is 20.9. The Morgan fingerprint density at radius 2 is 2.10 bits per heavy atom. The van der Waals surface area contributed by atoms with Crippen LogP contribution in [-0.4, -0.2) is 33.3 Å². The Bertz CT molecular complexity index is 1190. The molecule has 0 radical (unpaired) electrons. The maximum absolute atomic E-state index is 11.3. The number of nitrogens with one attached hydrogen (secondary N) is 2. The first-order valence-corrected chi connectivity index (χ1v) is 10.9. The molecule has 0 fully saturated rings. The Labute approximate surface area is 184 Å². The zero-order valence-corrected chi connectivity index (χ0v) is 18.4. The van der Waals surface area contributed by atoms with E-state index in [0.717, 1.165) is 28.1 Å². The van der Waals surface area contributed by atoms with Crippen LogP contribution in [0.3, 0.4) is 0 Å². The monoisotopic (exact) mass is 487 g/mol. The van der Waals surface area contributed by atoms with Crippen molar-refractivity contribution < 1.29 is 9.26 Å². The molecular weight excluding hydrogens is 470 g/mol. The van der Waals surface area contributed by atoms with Gasteiger partial charge in [0, 0.05) is 23.3 Å². The molecule has 3 aromatic heterocycles. The number of benzene rings is 1. The van der Waals surface area contributed by atoms with Gasteiger partial charge in [0.2, 0.25) is 0 Å². The minimum atomic E-state index is -0.615. The van der Waals surface area contributed by atoms with Crippen LogP contribution >= 0.6 is 27.3 Å². The first-order valence-electron chi connectivity index (χ1n) is 9.27. The molecule has 8 nitrogen and oxygen atoms in total. The Morgan fingerprint density at radius 1 is 1.27 bits per heavy atom. The average molecular weight is 488 g/mol. The molecule has 0 amide bonds. The van der Waals surface area contributed by atoms with E-state index >= 15 is 0 Å². The van der Waals surface area contributed by atoms with Crippen LogP contribution in [0.25, 0.3) is 21.4 Å². The third-order valence-electron chi connectivity index (χ3n) is 4.16. The van der Waals surface area contributed by atoms with Gasteiger partial charge < -0.3 is 10.1 Å². The number of rotatable bonds is 8. The molecule has 0 spiro atoms. The largest absolute Gasteiger partial charge is 0.492 e. The zero-order valence-electron chi connectivity index (χ0n) is 16.0. The highest BCUT2D eigenvalue weighted by Gasteiger charge is 2.18. The van der Waals surface area contributed by atoms with Crippen molar-refractivity contribution >= 4 is 33.1 Å². The predicted octanol–water partition coefficient (Wildman–Crippen LogP) is 4.36. The standard InChI is InChI=1S/C20H18BrN5O3S/c1-2-28-14-11-15(30-17(14)19-25-20(27)29-26-19)18-23-10-8-16(24-18)22-9-7-12-3-5-13(21)6-4-12/h3-6,8,10-11H,2,7,9H2,1H3,(H,22,23,24)(H,25,26,27). The van der Waals surface area contributed by atoms with E-state index in [1.165, 1.54) is 16.9 Å². The highest BCUT2D eigenvalue weighted by Crippen LogP contribution is 2.40.